The molecule has 0 aromatic rings. The van der Waals surface area contributed by atoms with E-state index in [0.717, 1.165) is 0 Å². The molecule has 0 spiro atoms. The van der Waals surface area contributed by atoms with Crippen LogP contribution in [0.3, 0.4) is 0 Å². The number of hydrogen-bond donors (Lipinski definition) is 5. The van der Waals surface area contributed by atoms with Crippen LogP contribution in [-0.2, 0) is 19.2 Å². The fraction of sp³-hybridized carbons (Fsp3) is 0.733. The number of carbonyl (C=O) groups is 4. The Morgan fingerprint density at radius 1 is 1.00 bits per heavy atom. The first-order valence-corrected chi connectivity index (χ1v) is 8.61. The van der Waals surface area contributed by atoms with Crippen molar-refractivity contribution < 1.29 is 29.2 Å². The van der Waals surface area contributed by atoms with Gasteiger partial charge < -0.3 is 26.8 Å². The van der Waals surface area contributed by atoms with Gasteiger partial charge in [-0.3, -0.25) is 29.3 Å². The number of carboxylic acid groups (broad SMARTS) is 1. The Kier molecular flexibility index (Phi) is 9.13. The van der Waals surface area contributed by atoms with E-state index in [9.17, 15) is 29.3 Å². The number of hydrogen-bond acceptors (Lipinski definition) is 7. The number of carbonyl (C=O) groups excluding carboxylic acids is 3. The van der Waals surface area contributed by atoms with Gasteiger partial charge in [-0.1, -0.05) is 0 Å². The van der Waals surface area contributed by atoms with Crippen LogP contribution in [0, 0.1) is 16.0 Å². The zero-order chi connectivity index (χ0) is 20.4. The van der Waals surface area contributed by atoms with E-state index in [-0.39, 0.29) is 17.4 Å². The third kappa shape index (κ3) is 8.94. The van der Waals surface area contributed by atoms with Crippen LogP contribution in [0.25, 0.3) is 0 Å². The Hall–Kier alpha value is -2.76. The highest BCUT2D eigenvalue weighted by Gasteiger charge is 2.30. The summed E-state index contributed by atoms with van der Waals surface area (Å²) in [7, 11) is 0. The highest BCUT2D eigenvalue weighted by molar-refractivity contribution is 5.90. The molecule has 1 rings (SSSR count). The molecular weight excluding hydrogens is 362 g/mol. The molecule has 1 unspecified atom stereocenters. The van der Waals surface area contributed by atoms with Crippen LogP contribution in [0.2, 0.25) is 0 Å². The summed E-state index contributed by atoms with van der Waals surface area (Å²) in [6, 6.07) is -1.35. The number of nitrogens with zero attached hydrogens (tertiary/aromatic N) is 1. The quantitative estimate of drug-likeness (QED) is 0.209. The van der Waals surface area contributed by atoms with Gasteiger partial charge in [0.15, 0.2) is 0 Å². The Bertz CT molecular complexity index is 575. The predicted octanol–water partition coefficient (Wildman–Crippen LogP) is -2.03. The Labute approximate surface area is 155 Å². The normalized spacial score (nSPS) is 20.2. The van der Waals surface area contributed by atoms with Gasteiger partial charge in [-0.2, -0.15) is 0 Å². The smallest absolute Gasteiger partial charge is 0.322 e. The highest BCUT2D eigenvalue weighted by atomic mass is 16.6. The number of nitrogens with one attached hydrogen (secondary N) is 3. The molecule has 12 nitrogen and oxygen atoms in total. The summed E-state index contributed by atoms with van der Waals surface area (Å²) in [5.41, 5.74) is 5.82. The zero-order valence-corrected chi connectivity index (χ0v) is 14.8. The van der Waals surface area contributed by atoms with Crippen molar-refractivity contribution in [2.45, 2.75) is 44.2 Å². The second-order valence-electron chi connectivity index (χ2n) is 6.47. The van der Waals surface area contributed by atoms with Crippen molar-refractivity contribution in [2.24, 2.45) is 11.7 Å². The molecule has 27 heavy (non-hydrogen) atoms. The number of amides is 3. The average Bonchev–Trinajstić information content (AvgIpc) is 2.62. The van der Waals surface area contributed by atoms with Crippen LogP contribution < -0.4 is 21.7 Å². The lowest BCUT2D eigenvalue weighted by Crippen LogP contribution is -2.47. The second kappa shape index (κ2) is 11.1. The van der Waals surface area contributed by atoms with E-state index in [1.165, 1.54) is 0 Å². The maximum absolute atomic E-state index is 11.9. The maximum atomic E-state index is 11.9. The minimum Gasteiger partial charge on any atom is -0.480 e. The van der Waals surface area contributed by atoms with Crippen molar-refractivity contribution in [1.29, 1.82) is 0 Å². The first kappa shape index (κ1) is 22.3. The van der Waals surface area contributed by atoms with Crippen molar-refractivity contribution in [1.82, 2.24) is 16.0 Å². The Balaban J connectivity index is 2.21. The highest BCUT2D eigenvalue weighted by Crippen LogP contribution is 2.28. The Morgan fingerprint density at radius 2 is 1.52 bits per heavy atom. The molecule has 0 radical (unpaired) electrons. The minimum atomic E-state index is -1.21. The van der Waals surface area contributed by atoms with Gasteiger partial charge in [0.2, 0.25) is 23.8 Å². The van der Waals surface area contributed by atoms with Crippen molar-refractivity contribution in [3.8, 4) is 0 Å². The molecule has 1 saturated carbocycles. The van der Waals surface area contributed by atoms with E-state index >= 15 is 0 Å². The number of rotatable bonds is 10. The van der Waals surface area contributed by atoms with E-state index in [1.807, 2.05) is 0 Å². The van der Waals surface area contributed by atoms with Crippen LogP contribution >= 0.6 is 0 Å². The molecule has 0 aromatic carbocycles. The molecule has 0 heterocycles. The van der Waals surface area contributed by atoms with Crippen LogP contribution in [0.1, 0.15) is 32.1 Å². The molecule has 1 atom stereocenters. The summed E-state index contributed by atoms with van der Waals surface area (Å²) in [5.74, 6) is -2.87. The fourth-order valence-electron chi connectivity index (χ4n) is 2.83. The monoisotopic (exact) mass is 387 g/mol. The van der Waals surface area contributed by atoms with Gasteiger partial charge in [-0.05, 0) is 25.2 Å². The molecular formula is C15H25N5O7. The lowest BCUT2D eigenvalue weighted by Gasteiger charge is -2.25. The summed E-state index contributed by atoms with van der Waals surface area (Å²) in [6.07, 6.45) is 2.60. The van der Waals surface area contributed by atoms with Crippen molar-refractivity contribution in [3.63, 3.8) is 0 Å². The molecule has 1 aliphatic carbocycles. The SMILES string of the molecule is NC(CC1CCC([N+](=O)[O-])CC1)C(=O)NCC(=O)NCC(=O)NCC(=O)O. The third-order valence-electron chi connectivity index (χ3n) is 4.34. The molecule has 1 fully saturated rings. The largest absolute Gasteiger partial charge is 0.480 e. The minimum absolute atomic E-state index is 0.133. The van der Waals surface area contributed by atoms with E-state index in [4.69, 9.17) is 10.8 Å². The summed E-state index contributed by atoms with van der Waals surface area (Å²) in [6.45, 7) is -1.33. The van der Waals surface area contributed by atoms with E-state index in [2.05, 4.69) is 16.0 Å². The first-order valence-electron chi connectivity index (χ1n) is 8.61. The molecule has 152 valence electrons. The molecule has 3 amide bonds. The molecule has 0 saturated heterocycles. The fourth-order valence-corrected chi connectivity index (χ4v) is 2.83. The standard InChI is InChI=1S/C15H25N5O7/c16-11(5-9-1-3-10(4-2-9)20(26)27)15(25)19-7-13(22)17-6-12(21)18-8-14(23)24/h9-11H,1-8,16H2,(H,17,22)(H,18,21)(H,19,25)(H,23,24). The number of nitro groups is 1. The van der Waals surface area contributed by atoms with Gasteiger partial charge in [-0.15, -0.1) is 0 Å². The first-order chi connectivity index (χ1) is 12.7. The van der Waals surface area contributed by atoms with Gasteiger partial charge >= 0.3 is 5.97 Å². The van der Waals surface area contributed by atoms with Crippen LogP contribution in [0.15, 0.2) is 0 Å². The molecule has 12 heteroatoms. The summed E-state index contributed by atoms with van der Waals surface area (Å²) in [4.78, 5) is 55.5. The number of aliphatic carboxylic acids is 1. The predicted molar refractivity (Wildman–Crippen MR) is 92.0 cm³/mol. The van der Waals surface area contributed by atoms with Crippen molar-refractivity contribution in [3.05, 3.63) is 10.1 Å². The average molecular weight is 387 g/mol. The van der Waals surface area contributed by atoms with Crippen molar-refractivity contribution >= 4 is 23.7 Å². The summed E-state index contributed by atoms with van der Waals surface area (Å²) >= 11 is 0. The van der Waals surface area contributed by atoms with Gasteiger partial charge in [0.1, 0.15) is 6.54 Å². The van der Waals surface area contributed by atoms with Crippen molar-refractivity contribution in [2.75, 3.05) is 19.6 Å². The molecule has 0 aromatic heterocycles. The van der Waals surface area contributed by atoms with Crippen LogP contribution in [0.4, 0.5) is 0 Å². The molecule has 0 aliphatic heterocycles. The van der Waals surface area contributed by atoms with Crippen LogP contribution in [0.5, 0.6) is 0 Å². The molecule has 6 N–H and O–H groups in total. The lowest BCUT2D eigenvalue weighted by atomic mass is 9.82. The summed E-state index contributed by atoms with van der Waals surface area (Å²) < 4.78 is 0. The Morgan fingerprint density at radius 3 is 2.04 bits per heavy atom. The number of nitrogens with two attached hydrogens (primary N) is 1. The van der Waals surface area contributed by atoms with E-state index in [1.54, 1.807) is 0 Å². The van der Waals surface area contributed by atoms with Gasteiger partial charge in [0.05, 0.1) is 19.1 Å². The van der Waals surface area contributed by atoms with Gasteiger partial charge in [0.25, 0.3) is 0 Å². The topological polar surface area (TPSA) is 194 Å². The maximum Gasteiger partial charge on any atom is 0.322 e. The van der Waals surface area contributed by atoms with E-state index in [0.29, 0.717) is 32.1 Å². The lowest BCUT2D eigenvalue weighted by molar-refractivity contribution is -0.527. The van der Waals surface area contributed by atoms with Crippen LogP contribution in [-0.4, -0.2) is 65.4 Å². The molecule has 1 aliphatic rings. The number of carboxylic acids is 1. The van der Waals surface area contributed by atoms with Gasteiger partial charge in [-0.25, -0.2) is 0 Å². The third-order valence-corrected chi connectivity index (χ3v) is 4.34. The molecule has 0 bridgehead atoms. The second-order valence-corrected chi connectivity index (χ2v) is 6.47. The summed E-state index contributed by atoms with van der Waals surface area (Å²) in [5, 5.41) is 25.8. The van der Waals surface area contributed by atoms with E-state index < -0.39 is 48.9 Å². The van der Waals surface area contributed by atoms with Gasteiger partial charge in [0, 0.05) is 17.8 Å². The zero-order valence-electron chi connectivity index (χ0n) is 14.8.